The maximum absolute atomic E-state index is 12.2. The zero-order valence-electron chi connectivity index (χ0n) is 16.5. The molecular formula is C20H24N2O6. The molecule has 1 N–H and O–H groups in total. The van der Waals surface area contributed by atoms with Crippen molar-refractivity contribution < 1.29 is 28.5 Å². The Morgan fingerprint density at radius 2 is 1.61 bits per heavy atom. The van der Waals surface area contributed by atoms with Crippen LogP contribution in [-0.4, -0.2) is 46.7 Å². The molecule has 8 heteroatoms. The van der Waals surface area contributed by atoms with Gasteiger partial charge in [-0.05, 0) is 31.2 Å². The van der Waals surface area contributed by atoms with Gasteiger partial charge in [0, 0.05) is 11.6 Å². The summed E-state index contributed by atoms with van der Waals surface area (Å²) >= 11 is 0. The molecule has 0 aliphatic heterocycles. The summed E-state index contributed by atoms with van der Waals surface area (Å²) in [6.07, 6.45) is 0.727. The number of hydrazone groups is 1. The highest BCUT2D eigenvalue weighted by molar-refractivity contribution is 5.85. The van der Waals surface area contributed by atoms with E-state index in [1.54, 1.807) is 50.4 Å². The van der Waals surface area contributed by atoms with Gasteiger partial charge >= 0.3 is 0 Å². The van der Waals surface area contributed by atoms with Crippen LogP contribution in [0.5, 0.6) is 28.7 Å². The summed E-state index contributed by atoms with van der Waals surface area (Å²) in [7, 11) is 6.14. The summed E-state index contributed by atoms with van der Waals surface area (Å²) in [5.41, 5.74) is 3.11. The molecule has 0 saturated carbocycles. The van der Waals surface area contributed by atoms with E-state index < -0.39 is 12.0 Å². The van der Waals surface area contributed by atoms with Gasteiger partial charge in [0.1, 0.15) is 11.5 Å². The van der Waals surface area contributed by atoms with E-state index in [4.69, 9.17) is 23.7 Å². The van der Waals surface area contributed by atoms with Crippen molar-refractivity contribution in [1.29, 1.82) is 0 Å². The van der Waals surface area contributed by atoms with Crippen LogP contribution >= 0.6 is 0 Å². The molecule has 0 saturated heterocycles. The molecule has 2 aromatic rings. The Labute approximate surface area is 164 Å². The summed E-state index contributed by atoms with van der Waals surface area (Å²) in [6, 6.07) is 10.4. The van der Waals surface area contributed by atoms with E-state index in [0.29, 0.717) is 34.3 Å². The molecule has 0 bridgehead atoms. The van der Waals surface area contributed by atoms with E-state index in [1.165, 1.54) is 27.5 Å². The third-order valence-corrected chi connectivity index (χ3v) is 3.80. The maximum atomic E-state index is 12.2. The fourth-order valence-electron chi connectivity index (χ4n) is 2.37. The van der Waals surface area contributed by atoms with Crippen molar-refractivity contribution >= 4 is 12.1 Å². The first-order chi connectivity index (χ1) is 13.5. The van der Waals surface area contributed by atoms with E-state index in [-0.39, 0.29) is 0 Å². The van der Waals surface area contributed by atoms with Gasteiger partial charge in [-0.25, -0.2) is 5.43 Å². The van der Waals surface area contributed by atoms with Gasteiger partial charge in [-0.15, -0.1) is 0 Å². The van der Waals surface area contributed by atoms with Gasteiger partial charge < -0.3 is 23.7 Å². The second kappa shape index (κ2) is 10.1. The van der Waals surface area contributed by atoms with Crippen molar-refractivity contribution in [3.8, 4) is 28.7 Å². The summed E-state index contributed by atoms with van der Waals surface area (Å²) < 4.78 is 26.6. The number of ether oxygens (including phenoxy) is 5. The quantitative estimate of drug-likeness (QED) is 0.525. The van der Waals surface area contributed by atoms with Crippen LogP contribution in [0, 0.1) is 0 Å². The SMILES string of the molecule is COc1cccc(OC(C)C(=O)N/N=C/c2cc(OC)c(OC)c(OC)c2)c1. The molecule has 0 radical (unpaired) electrons. The van der Waals surface area contributed by atoms with Gasteiger partial charge in [0.15, 0.2) is 17.6 Å². The molecule has 2 rings (SSSR count). The lowest BCUT2D eigenvalue weighted by atomic mass is 10.2. The van der Waals surface area contributed by atoms with Crippen molar-refractivity contribution in [2.24, 2.45) is 5.10 Å². The Balaban J connectivity index is 2.02. The number of carbonyl (C=O) groups excluding carboxylic acids is 1. The van der Waals surface area contributed by atoms with Gasteiger partial charge in [-0.2, -0.15) is 5.10 Å². The number of methoxy groups -OCH3 is 4. The van der Waals surface area contributed by atoms with Crippen molar-refractivity contribution in [1.82, 2.24) is 5.43 Å². The Kier molecular flexibility index (Phi) is 7.50. The molecule has 150 valence electrons. The molecule has 0 aromatic heterocycles. The molecule has 0 spiro atoms. The number of hydrogen-bond acceptors (Lipinski definition) is 7. The fraction of sp³-hybridized carbons (Fsp3) is 0.300. The highest BCUT2D eigenvalue weighted by atomic mass is 16.5. The van der Waals surface area contributed by atoms with Gasteiger partial charge in [0.25, 0.3) is 5.91 Å². The Morgan fingerprint density at radius 1 is 0.964 bits per heavy atom. The molecule has 0 fully saturated rings. The summed E-state index contributed by atoms with van der Waals surface area (Å²) in [6.45, 7) is 1.63. The molecule has 0 heterocycles. The molecule has 0 aliphatic rings. The second-order valence-corrected chi connectivity index (χ2v) is 5.63. The third-order valence-electron chi connectivity index (χ3n) is 3.80. The number of nitrogens with zero attached hydrogens (tertiary/aromatic N) is 1. The number of hydrogen-bond donors (Lipinski definition) is 1. The van der Waals surface area contributed by atoms with Crippen molar-refractivity contribution in [3.63, 3.8) is 0 Å². The fourth-order valence-corrected chi connectivity index (χ4v) is 2.37. The van der Waals surface area contributed by atoms with Crippen LogP contribution in [0.3, 0.4) is 0 Å². The number of nitrogens with one attached hydrogen (secondary N) is 1. The maximum Gasteiger partial charge on any atom is 0.280 e. The lowest BCUT2D eigenvalue weighted by Gasteiger charge is -2.14. The molecule has 0 aliphatic carbocycles. The summed E-state index contributed by atoms with van der Waals surface area (Å²) in [4.78, 5) is 12.2. The van der Waals surface area contributed by atoms with Gasteiger partial charge in [-0.3, -0.25) is 4.79 Å². The highest BCUT2D eigenvalue weighted by Crippen LogP contribution is 2.37. The first-order valence-electron chi connectivity index (χ1n) is 8.46. The molecule has 1 atom stereocenters. The molecular weight excluding hydrogens is 364 g/mol. The molecule has 2 aromatic carbocycles. The highest BCUT2D eigenvalue weighted by Gasteiger charge is 2.15. The molecule has 1 amide bonds. The van der Waals surface area contributed by atoms with Crippen LogP contribution in [0.15, 0.2) is 41.5 Å². The van der Waals surface area contributed by atoms with Crippen molar-refractivity contribution in [2.75, 3.05) is 28.4 Å². The van der Waals surface area contributed by atoms with E-state index in [9.17, 15) is 4.79 Å². The average Bonchev–Trinajstić information content (AvgIpc) is 2.72. The monoisotopic (exact) mass is 388 g/mol. The topological polar surface area (TPSA) is 87.6 Å². The zero-order valence-corrected chi connectivity index (χ0v) is 16.5. The van der Waals surface area contributed by atoms with Gasteiger partial charge in [0.2, 0.25) is 5.75 Å². The van der Waals surface area contributed by atoms with Crippen LogP contribution in [-0.2, 0) is 4.79 Å². The number of carbonyl (C=O) groups is 1. The van der Waals surface area contributed by atoms with Crippen LogP contribution in [0.25, 0.3) is 0 Å². The standard InChI is InChI=1S/C20H24N2O6/c1-13(28-16-8-6-7-15(11-16)24-2)20(23)22-21-12-14-9-17(25-3)19(27-5)18(10-14)26-4/h6-13H,1-5H3,(H,22,23)/b21-12+. The minimum absolute atomic E-state index is 0.397. The van der Waals surface area contributed by atoms with Crippen LogP contribution in [0.2, 0.25) is 0 Å². The lowest BCUT2D eigenvalue weighted by molar-refractivity contribution is -0.127. The first-order valence-corrected chi connectivity index (χ1v) is 8.46. The van der Waals surface area contributed by atoms with Crippen LogP contribution in [0.1, 0.15) is 12.5 Å². The number of rotatable bonds is 9. The summed E-state index contributed by atoms with van der Waals surface area (Å²) in [5, 5.41) is 3.96. The summed E-state index contributed by atoms with van der Waals surface area (Å²) in [5.74, 6) is 2.23. The normalized spacial score (nSPS) is 11.6. The van der Waals surface area contributed by atoms with Crippen molar-refractivity contribution in [2.45, 2.75) is 13.0 Å². The first kappa shape index (κ1) is 20.9. The van der Waals surface area contributed by atoms with E-state index in [1.807, 2.05) is 0 Å². The molecule has 1 unspecified atom stereocenters. The van der Waals surface area contributed by atoms with E-state index in [2.05, 4.69) is 10.5 Å². The van der Waals surface area contributed by atoms with Crippen LogP contribution < -0.4 is 29.1 Å². The smallest absolute Gasteiger partial charge is 0.280 e. The molecule has 8 nitrogen and oxygen atoms in total. The molecule has 28 heavy (non-hydrogen) atoms. The third kappa shape index (κ3) is 5.29. The van der Waals surface area contributed by atoms with Crippen molar-refractivity contribution in [3.05, 3.63) is 42.0 Å². The van der Waals surface area contributed by atoms with Crippen LogP contribution in [0.4, 0.5) is 0 Å². The van der Waals surface area contributed by atoms with E-state index in [0.717, 1.165) is 0 Å². The Morgan fingerprint density at radius 3 is 2.18 bits per heavy atom. The lowest BCUT2D eigenvalue weighted by Crippen LogP contribution is -2.33. The zero-order chi connectivity index (χ0) is 20.5. The predicted octanol–water partition coefficient (Wildman–Crippen LogP) is 2.64. The average molecular weight is 388 g/mol. The minimum Gasteiger partial charge on any atom is -0.497 e. The largest absolute Gasteiger partial charge is 0.497 e. The number of amides is 1. The predicted molar refractivity (Wildman–Crippen MR) is 105 cm³/mol. The van der Waals surface area contributed by atoms with Gasteiger partial charge in [-0.1, -0.05) is 6.07 Å². The van der Waals surface area contributed by atoms with Gasteiger partial charge in [0.05, 0.1) is 34.7 Å². The Bertz CT molecular complexity index is 812. The number of benzene rings is 2. The Hall–Kier alpha value is -3.42. The minimum atomic E-state index is -0.746. The second-order valence-electron chi connectivity index (χ2n) is 5.63. The van der Waals surface area contributed by atoms with E-state index >= 15 is 0 Å².